The van der Waals surface area contributed by atoms with E-state index in [1.165, 1.54) is 0 Å². The molecule has 1 aromatic rings. The summed E-state index contributed by atoms with van der Waals surface area (Å²) < 4.78 is 46.9. The van der Waals surface area contributed by atoms with Gasteiger partial charge in [0.1, 0.15) is 6.04 Å². The Morgan fingerprint density at radius 3 is 2.61 bits per heavy atom. The van der Waals surface area contributed by atoms with Gasteiger partial charge in [-0.1, -0.05) is 13.8 Å². The number of carboxylic acids is 1. The third-order valence-electron chi connectivity index (χ3n) is 5.47. The third-order valence-corrected chi connectivity index (χ3v) is 5.47. The summed E-state index contributed by atoms with van der Waals surface area (Å²) in [5.74, 6) is -1.26. The maximum atomic E-state index is 13.5. The zero-order chi connectivity index (χ0) is 20.6. The van der Waals surface area contributed by atoms with E-state index in [1.54, 1.807) is 13.8 Å². The number of hydrogen-bond donors (Lipinski definition) is 1. The van der Waals surface area contributed by atoms with E-state index >= 15 is 0 Å². The molecule has 2 aliphatic heterocycles. The summed E-state index contributed by atoms with van der Waals surface area (Å²) in [7, 11) is 0. The molecule has 6 nitrogen and oxygen atoms in total. The zero-order valence-corrected chi connectivity index (χ0v) is 15.9. The van der Waals surface area contributed by atoms with Gasteiger partial charge in [0.05, 0.1) is 18.3 Å². The Bertz CT molecular complexity index is 790. The number of aromatic nitrogens is 1. The molecule has 1 N–H and O–H groups in total. The van der Waals surface area contributed by atoms with Crippen molar-refractivity contribution >= 4 is 5.97 Å². The number of nitrogens with zero attached hydrogens (tertiary/aromatic N) is 2. The Hall–Kier alpha value is -1.87. The molecular formula is C19H25F3N2O4. The van der Waals surface area contributed by atoms with Crippen molar-refractivity contribution in [3.8, 4) is 0 Å². The lowest BCUT2D eigenvalue weighted by Gasteiger charge is -2.27. The van der Waals surface area contributed by atoms with Crippen LogP contribution in [-0.2, 0) is 22.1 Å². The summed E-state index contributed by atoms with van der Waals surface area (Å²) in [6.45, 7) is 5.29. The number of fused-ring (bicyclic) bond motifs is 2. The first-order chi connectivity index (χ1) is 13.1. The Morgan fingerprint density at radius 1 is 1.39 bits per heavy atom. The summed E-state index contributed by atoms with van der Waals surface area (Å²) in [5.41, 5.74) is -1.98. The fourth-order valence-corrected chi connectivity index (χ4v) is 4.10. The molecule has 3 rings (SSSR count). The topological polar surface area (TPSA) is 71.8 Å². The van der Waals surface area contributed by atoms with Crippen molar-refractivity contribution in [3.63, 3.8) is 0 Å². The number of aliphatic carboxylic acids is 1. The van der Waals surface area contributed by atoms with Crippen LogP contribution in [0.3, 0.4) is 0 Å². The molecule has 0 spiro atoms. The quantitative estimate of drug-likeness (QED) is 0.759. The molecule has 2 bridgehead atoms. The highest BCUT2D eigenvalue weighted by atomic mass is 19.4. The van der Waals surface area contributed by atoms with Crippen molar-refractivity contribution < 1.29 is 27.8 Å². The maximum Gasteiger partial charge on any atom is 0.416 e. The van der Waals surface area contributed by atoms with Crippen LogP contribution < -0.4 is 5.56 Å². The number of carbonyl (C=O) groups is 1. The number of pyridine rings is 1. The molecule has 2 saturated heterocycles. The number of alkyl halides is 3. The van der Waals surface area contributed by atoms with Crippen LogP contribution in [0.25, 0.3) is 0 Å². The van der Waals surface area contributed by atoms with Gasteiger partial charge >= 0.3 is 12.1 Å². The molecule has 0 saturated carbocycles. The molecule has 28 heavy (non-hydrogen) atoms. The van der Waals surface area contributed by atoms with Gasteiger partial charge in [-0.15, -0.1) is 0 Å². The van der Waals surface area contributed by atoms with Gasteiger partial charge in [0.2, 0.25) is 0 Å². The van der Waals surface area contributed by atoms with E-state index in [-0.39, 0.29) is 36.5 Å². The van der Waals surface area contributed by atoms with E-state index in [2.05, 4.69) is 4.90 Å². The SMILES string of the molecule is CC(C)CC(C(=O)O)n1cc(CCN2C[C@@H]3C[C@H]2CO3)c(C(F)(F)F)cc1=O. The second kappa shape index (κ2) is 7.87. The lowest BCUT2D eigenvalue weighted by Crippen LogP contribution is -2.38. The molecule has 0 amide bonds. The Kier molecular flexibility index (Phi) is 5.86. The predicted molar refractivity (Wildman–Crippen MR) is 95.3 cm³/mol. The van der Waals surface area contributed by atoms with Gasteiger partial charge in [0.25, 0.3) is 5.56 Å². The minimum Gasteiger partial charge on any atom is -0.480 e. The van der Waals surface area contributed by atoms with Gasteiger partial charge in [-0.05, 0) is 30.7 Å². The molecule has 3 heterocycles. The lowest BCUT2D eigenvalue weighted by atomic mass is 10.0. The Morgan fingerprint density at radius 2 is 2.11 bits per heavy atom. The van der Waals surface area contributed by atoms with Gasteiger partial charge in [-0.2, -0.15) is 13.2 Å². The smallest absolute Gasteiger partial charge is 0.416 e. The number of carboxylic acid groups (broad SMARTS) is 1. The van der Waals surface area contributed by atoms with Crippen LogP contribution in [-0.4, -0.2) is 52.4 Å². The molecule has 2 fully saturated rings. The van der Waals surface area contributed by atoms with Gasteiger partial charge < -0.3 is 14.4 Å². The molecule has 1 unspecified atom stereocenters. The Balaban J connectivity index is 1.91. The van der Waals surface area contributed by atoms with Crippen LogP contribution in [0.15, 0.2) is 17.1 Å². The van der Waals surface area contributed by atoms with Gasteiger partial charge in [0, 0.05) is 31.4 Å². The number of likely N-dealkylation sites (tertiary alicyclic amines) is 1. The minimum absolute atomic E-state index is 0.0288. The molecule has 0 radical (unpaired) electrons. The second-order valence-corrected chi connectivity index (χ2v) is 8.03. The minimum atomic E-state index is -4.67. The summed E-state index contributed by atoms with van der Waals surface area (Å²) in [4.78, 5) is 26.0. The first-order valence-electron chi connectivity index (χ1n) is 9.47. The highest BCUT2D eigenvalue weighted by Crippen LogP contribution is 2.33. The van der Waals surface area contributed by atoms with Crippen molar-refractivity contribution in [2.45, 2.75) is 57.5 Å². The fraction of sp³-hybridized carbons (Fsp3) is 0.684. The first-order valence-corrected chi connectivity index (χ1v) is 9.47. The third kappa shape index (κ3) is 4.41. The molecule has 0 aliphatic carbocycles. The zero-order valence-electron chi connectivity index (χ0n) is 15.9. The van der Waals surface area contributed by atoms with Crippen LogP contribution in [0, 0.1) is 5.92 Å². The van der Waals surface area contributed by atoms with Crippen molar-refractivity contribution in [2.75, 3.05) is 19.7 Å². The van der Waals surface area contributed by atoms with Gasteiger partial charge in [-0.3, -0.25) is 9.69 Å². The number of halogens is 3. The van der Waals surface area contributed by atoms with E-state index in [1.807, 2.05) is 0 Å². The fourth-order valence-electron chi connectivity index (χ4n) is 4.10. The first kappa shape index (κ1) is 20.9. The van der Waals surface area contributed by atoms with E-state index in [0.717, 1.165) is 17.2 Å². The van der Waals surface area contributed by atoms with Crippen molar-refractivity contribution in [1.82, 2.24) is 9.47 Å². The van der Waals surface area contributed by atoms with Crippen LogP contribution >= 0.6 is 0 Å². The summed E-state index contributed by atoms with van der Waals surface area (Å²) in [6, 6.07) is -0.437. The Labute approximate surface area is 160 Å². The van der Waals surface area contributed by atoms with Crippen LogP contribution in [0.5, 0.6) is 0 Å². The highest BCUT2D eigenvalue weighted by Gasteiger charge is 2.39. The largest absolute Gasteiger partial charge is 0.480 e. The molecule has 3 atom stereocenters. The number of morpholine rings is 1. The predicted octanol–water partition coefficient (Wildman–Crippen LogP) is 2.55. The van der Waals surface area contributed by atoms with Gasteiger partial charge in [0.15, 0.2) is 0 Å². The molecule has 9 heteroatoms. The van der Waals surface area contributed by atoms with E-state index in [4.69, 9.17) is 4.74 Å². The number of rotatable bonds is 7. The van der Waals surface area contributed by atoms with Gasteiger partial charge in [-0.25, -0.2) is 4.79 Å². The van der Waals surface area contributed by atoms with E-state index in [9.17, 15) is 27.9 Å². The van der Waals surface area contributed by atoms with Crippen LogP contribution in [0.1, 0.15) is 43.9 Å². The van der Waals surface area contributed by atoms with Crippen molar-refractivity contribution in [3.05, 3.63) is 33.7 Å². The molecular weight excluding hydrogens is 377 g/mol. The second-order valence-electron chi connectivity index (χ2n) is 8.03. The normalized spacial score (nSPS) is 23.5. The van der Waals surface area contributed by atoms with Crippen LogP contribution in [0.4, 0.5) is 13.2 Å². The standard InChI is InChI=1S/C19H25F3N2O4/c1-11(2)5-16(18(26)27)24-8-12(15(7-17(24)25)19(20,21)22)3-4-23-9-14-6-13(23)10-28-14/h7-8,11,13-14,16H,3-6,9-10H2,1-2H3,(H,26,27)/t13-,14-,16?/m0/s1. The average Bonchev–Trinajstić information content (AvgIpc) is 3.20. The highest BCUT2D eigenvalue weighted by molar-refractivity contribution is 5.71. The molecule has 1 aromatic heterocycles. The average molecular weight is 402 g/mol. The van der Waals surface area contributed by atoms with Crippen molar-refractivity contribution in [2.24, 2.45) is 5.92 Å². The molecule has 2 aliphatic rings. The monoisotopic (exact) mass is 402 g/mol. The molecule has 156 valence electrons. The van der Waals surface area contributed by atoms with Crippen molar-refractivity contribution in [1.29, 1.82) is 0 Å². The summed E-state index contributed by atoms with van der Waals surface area (Å²) in [6.07, 6.45) is -2.29. The number of ether oxygens (including phenoxy) is 1. The van der Waals surface area contributed by atoms with E-state index in [0.29, 0.717) is 25.8 Å². The lowest BCUT2D eigenvalue weighted by molar-refractivity contribution is -0.141. The van der Waals surface area contributed by atoms with E-state index < -0.39 is 29.3 Å². The maximum absolute atomic E-state index is 13.5. The summed E-state index contributed by atoms with van der Waals surface area (Å²) >= 11 is 0. The number of hydrogen-bond acceptors (Lipinski definition) is 4. The summed E-state index contributed by atoms with van der Waals surface area (Å²) in [5, 5.41) is 9.49. The van der Waals surface area contributed by atoms with Crippen LogP contribution in [0.2, 0.25) is 0 Å². The molecule has 0 aromatic carbocycles.